The Bertz CT molecular complexity index is 1150. The number of hydrogen-bond donors (Lipinski definition) is 0. The van der Waals surface area contributed by atoms with Crippen LogP contribution in [0.4, 0.5) is 5.69 Å². The van der Waals surface area contributed by atoms with Crippen molar-refractivity contribution in [3.05, 3.63) is 89.0 Å². The van der Waals surface area contributed by atoms with E-state index in [1.165, 1.54) is 19.2 Å². The zero-order chi connectivity index (χ0) is 21.2. The molecule has 0 aliphatic heterocycles. The minimum Gasteiger partial charge on any atom is -0.496 e. The average molecular weight is 410 g/mol. The Morgan fingerprint density at radius 2 is 1.52 bits per heavy atom. The molecule has 3 rings (SSSR count). The number of para-hydroxylation sites is 1. The highest BCUT2D eigenvalue weighted by molar-refractivity contribution is 7.93. The molecule has 0 heterocycles. The van der Waals surface area contributed by atoms with Crippen LogP contribution in [0.5, 0.6) is 5.75 Å². The van der Waals surface area contributed by atoms with Gasteiger partial charge in [-0.05, 0) is 62.2 Å². The Hall–Kier alpha value is -3.12. The summed E-state index contributed by atoms with van der Waals surface area (Å²) >= 11 is 0. The van der Waals surface area contributed by atoms with E-state index >= 15 is 0 Å². The molecule has 150 valence electrons. The van der Waals surface area contributed by atoms with Gasteiger partial charge >= 0.3 is 0 Å². The SMILES string of the molecule is COc1ccccc1C(=O)N(c1cccc(C)c1C)S(=O)(=O)c1ccc(C)cc1. The Morgan fingerprint density at radius 3 is 2.17 bits per heavy atom. The highest BCUT2D eigenvalue weighted by atomic mass is 32.2. The molecule has 0 saturated carbocycles. The molecule has 0 N–H and O–H groups in total. The number of carbonyl (C=O) groups excluding carboxylic acids is 1. The number of benzene rings is 3. The van der Waals surface area contributed by atoms with Gasteiger partial charge in [-0.3, -0.25) is 4.79 Å². The van der Waals surface area contributed by atoms with Crippen molar-refractivity contribution in [2.75, 3.05) is 11.4 Å². The molecule has 3 aromatic carbocycles. The molecule has 1 amide bonds. The normalized spacial score (nSPS) is 11.2. The zero-order valence-corrected chi connectivity index (χ0v) is 17.7. The molecular weight excluding hydrogens is 386 g/mol. The third kappa shape index (κ3) is 3.89. The van der Waals surface area contributed by atoms with Gasteiger partial charge in [-0.15, -0.1) is 0 Å². The molecule has 5 nitrogen and oxygen atoms in total. The fourth-order valence-corrected chi connectivity index (χ4v) is 4.51. The number of aryl methyl sites for hydroxylation is 2. The van der Waals surface area contributed by atoms with Crippen LogP contribution in [0.3, 0.4) is 0 Å². The lowest BCUT2D eigenvalue weighted by atomic mass is 10.1. The molecule has 0 saturated heterocycles. The van der Waals surface area contributed by atoms with Crippen LogP contribution in [0.25, 0.3) is 0 Å². The van der Waals surface area contributed by atoms with E-state index in [1.807, 2.05) is 19.9 Å². The van der Waals surface area contributed by atoms with Crippen molar-refractivity contribution in [2.24, 2.45) is 0 Å². The third-order valence-corrected chi connectivity index (χ3v) is 6.59. The lowest BCUT2D eigenvalue weighted by Crippen LogP contribution is -2.37. The summed E-state index contributed by atoms with van der Waals surface area (Å²) in [5.41, 5.74) is 3.03. The minimum absolute atomic E-state index is 0.0484. The van der Waals surface area contributed by atoms with E-state index in [9.17, 15) is 13.2 Å². The van der Waals surface area contributed by atoms with Gasteiger partial charge in [-0.2, -0.15) is 4.31 Å². The largest absolute Gasteiger partial charge is 0.496 e. The number of ether oxygens (including phenoxy) is 1. The molecule has 6 heteroatoms. The van der Waals surface area contributed by atoms with Crippen molar-refractivity contribution in [1.29, 1.82) is 0 Å². The van der Waals surface area contributed by atoms with Gasteiger partial charge in [0.15, 0.2) is 0 Å². The first-order chi connectivity index (χ1) is 13.8. The highest BCUT2D eigenvalue weighted by Gasteiger charge is 2.34. The Balaban J connectivity index is 2.26. The minimum atomic E-state index is -4.15. The number of hydrogen-bond acceptors (Lipinski definition) is 4. The molecule has 0 bridgehead atoms. The molecular formula is C23H23NO4S. The van der Waals surface area contributed by atoms with Gasteiger partial charge in [-0.25, -0.2) is 8.42 Å². The molecule has 0 radical (unpaired) electrons. The van der Waals surface area contributed by atoms with Gasteiger partial charge in [0.05, 0.1) is 23.3 Å². The number of anilines is 1. The van der Waals surface area contributed by atoms with Crippen LogP contribution in [0.15, 0.2) is 71.6 Å². The van der Waals surface area contributed by atoms with E-state index in [1.54, 1.807) is 55.5 Å². The Labute approximate surface area is 171 Å². The molecule has 0 unspecified atom stereocenters. The van der Waals surface area contributed by atoms with Crippen LogP contribution in [0.1, 0.15) is 27.0 Å². The molecule has 3 aromatic rings. The number of nitrogens with zero attached hydrogens (tertiary/aromatic N) is 1. The molecule has 0 atom stereocenters. The first-order valence-corrected chi connectivity index (χ1v) is 10.6. The predicted octanol–water partition coefficient (Wildman–Crippen LogP) is 4.66. The first-order valence-electron chi connectivity index (χ1n) is 9.13. The first kappa shape index (κ1) is 20.6. The summed E-state index contributed by atoms with van der Waals surface area (Å²) in [6, 6.07) is 18.3. The van der Waals surface area contributed by atoms with Gasteiger partial charge in [0.25, 0.3) is 15.9 Å². The standard InChI is InChI=1S/C23H23NO4S/c1-16-12-14-19(15-13-16)29(26,27)24(21-10-7-8-17(2)18(21)3)23(25)20-9-5-6-11-22(20)28-4/h5-15H,1-4H3. The van der Waals surface area contributed by atoms with Gasteiger partial charge in [-0.1, -0.05) is 42.0 Å². The molecule has 0 spiro atoms. The van der Waals surface area contributed by atoms with Crippen LogP contribution in [-0.2, 0) is 10.0 Å². The fraction of sp³-hybridized carbons (Fsp3) is 0.174. The number of amides is 1. The lowest BCUT2D eigenvalue weighted by molar-refractivity contribution is 0.100. The van der Waals surface area contributed by atoms with Crippen LogP contribution in [0, 0.1) is 20.8 Å². The zero-order valence-electron chi connectivity index (χ0n) is 16.8. The number of methoxy groups -OCH3 is 1. The average Bonchev–Trinajstić information content (AvgIpc) is 2.71. The predicted molar refractivity (Wildman–Crippen MR) is 114 cm³/mol. The summed E-state index contributed by atoms with van der Waals surface area (Å²) in [4.78, 5) is 13.6. The summed E-state index contributed by atoms with van der Waals surface area (Å²) < 4.78 is 33.3. The van der Waals surface area contributed by atoms with Crippen molar-refractivity contribution in [3.8, 4) is 5.75 Å². The monoisotopic (exact) mass is 409 g/mol. The smallest absolute Gasteiger partial charge is 0.276 e. The van der Waals surface area contributed by atoms with Crippen LogP contribution in [-0.4, -0.2) is 21.4 Å². The molecule has 0 fully saturated rings. The summed E-state index contributed by atoms with van der Waals surface area (Å²) in [5, 5.41) is 0. The van der Waals surface area contributed by atoms with Gasteiger partial charge < -0.3 is 4.74 Å². The fourth-order valence-electron chi connectivity index (χ4n) is 3.05. The second kappa shape index (κ2) is 8.09. The number of rotatable bonds is 5. The topological polar surface area (TPSA) is 63.7 Å². The maximum atomic E-state index is 13.6. The van der Waals surface area contributed by atoms with Crippen molar-refractivity contribution in [3.63, 3.8) is 0 Å². The quantitative estimate of drug-likeness (QED) is 0.615. The molecule has 0 aromatic heterocycles. The van der Waals surface area contributed by atoms with Crippen molar-refractivity contribution in [2.45, 2.75) is 25.7 Å². The Kier molecular flexibility index (Phi) is 5.75. The van der Waals surface area contributed by atoms with Crippen LogP contribution in [0.2, 0.25) is 0 Å². The second-order valence-electron chi connectivity index (χ2n) is 6.81. The molecule has 29 heavy (non-hydrogen) atoms. The highest BCUT2D eigenvalue weighted by Crippen LogP contribution is 2.32. The maximum absolute atomic E-state index is 13.6. The van der Waals surface area contributed by atoms with Crippen molar-refractivity contribution < 1.29 is 17.9 Å². The van der Waals surface area contributed by atoms with E-state index in [0.717, 1.165) is 15.4 Å². The molecule has 0 aliphatic carbocycles. The van der Waals surface area contributed by atoms with Gasteiger partial charge in [0.2, 0.25) is 0 Å². The number of carbonyl (C=O) groups is 1. The summed E-state index contributed by atoms with van der Waals surface area (Å²) in [6.45, 7) is 5.56. The summed E-state index contributed by atoms with van der Waals surface area (Å²) in [5.74, 6) is -0.358. The van der Waals surface area contributed by atoms with Crippen molar-refractivity contribution >= 4 is 21.6 Å². The van der Waals surface area contributed by atoms with E-state index < -0.39 is 15.9 Å². The van der Waals surface area contributed by atoms with E-state index in [4.69, 9.17) is 4.74 Å². The number of sulfonamides is 1. The molecule has 0 aliphatic rings. The summed E-state index contributed by atoms with van der Waals surface area (Å²) in [6.07, 6.45) is 0. The lowest BCUT2D eigenvalue weighted by Gasteiger charge is -2.25. The second-order valence-corrected chi connectivity index (χ2v) is 8.59. The van der Waals surface area contributed by atoms with E-state index in [2.05, 4.69) is 0 Å². The van der Waals surface area contributed by atoms with E-state index in [0.29, 0.717) is 17.0 Å². The Morgan fingerprint density at radius 1 is 0.862 bits per heavy atom. The van der Waals surface area contributed by atoms with E-state index in [-0.39, 0.29) is 10.5 Å². The van der Waals surface area contributed by atoms with Crippen molar-refractivity contribution in [1.82, 2.24) is 0 Å². The van der Waals surface area contributed by atoms with Gasteiger partial charge in [0.1, 0.15) is 5.75 Å². The maximum Gasteiger partial charge on any atom is 0.276 e. The third-order valence-electron chi connectivity index (χ3n) is 4.88. The van der Waals surface area contributed by atoms with Crippen LogP contribution < -0.4 is 9.04 Å². The van der Waals surface area contributed by atoms with Gasteiger partial charge in [0, 0.05) is 0 Å². The summed E-state index contributed by atoms with van der Waals surface area (Å²) in [7, 11) is -2.71. The van der Waals surface area contributed by atoms with Crippen LogP contribution >= 0.6 is 0 Å².